The largest absolute Gasteiger partial charge is 0.394 e. The van der Waals surface area contributed by atoms with Gasteiger partial charge in [-0.15, -0.1) is 0 Å². The Bertz CT molecular complexity index is 301. The normalized spacial score (nSPS) is 21.0. The molecule has 0 saturated carbocycles. The summed E-state index contributed by atoms with van der Waals surface area (Å²) in [6.07, 6.45) is 0. The molecule has 0 bridgehead atoms. The number of hydrogen-bond donors (Lipinski definition) is 2. The highest BCUT2D eigenvalue weighted by Gasteiger charge is 2.23. The van der Waals surface area contributed by atoms with E-state index in [4.69, 9.17) is 5.11 Å². The first-order chi connectivity index (χ1) is 5.83. The van der Waals surface area contributed by atoms with E-state index >= 15 is 0 Å². The van der Waals surface area contributed by atoms with Gasteiger partial charge < -0.3 is 10.4 Å². The van der Waals surface area contributed by atoms with Crippen LogP contribution in [0.1, 0.15) is 17.2 Å². The summed E-state index contributed by atoms with van der Waals surface area (Å²) >= 11 is 0. The molecule has 1 heterocycles. The molecule has 1 aliphatic heterocycles. The maximum atomic E-state index is 13.2. The highest BCUT2D eigenvalue weighted by atomic mass is 19.1. The van der Waals surface area contributed by atoms with Crippen LogP contribution in [0.3, 0.4) is 0 Å². The van der Waals surface area contributed by atoms with E-state index in [0.29, 0.717) is 12.1 Å². The van der Waals surface area contributed by atoms with Gasteiger partial charge in [-0.1, -0.05) is 12.1 Å². The zero-order chi connectivity index (χ0) is 8.55. The molecule has 2 nitrogen and oxygen atoms in total. The topological polar surface area (TPSA) is 32.3 Å². The molecule has 0 radical (unpaired) electrons. The molecule has 1 atom stereocenters. The lowest BCUT2D eigenvalue weighted by Gasteiger charge is -2.07. The lowest BCUT2D eigenvalue weighted by atomic mass is 10.1. The third-order valence-corrected chi connectivity index (χ3v) is 2.21. The summed E-state index contributed by atoms with van der Waals surface area (Å²) in [6, 6.07) is 4.77. The van der Waals surface area contributed by atoms with Gasteiger partial charge in [0.25, 0.3) is 0 Å². The Labute approximate surface area is 70.0 Å². The van der Waals surface area contributed by atoms with Gasteiger partial charge in [-0.05, 0) is 11.6 Å². The van der Waals surface area contributed by atoms with E-state index in [0.717, 1.165) is 5.56 Å². The van der Waals surface area contributed by atoms with E-state index in [1.807, 2.05) is 6.07 Å². The predicted molar refractivity (Wildman–Crippen MR) is 43.1 cm³/mol. The van der Waals surface area contributed by atoms with Gasteiger partial charge in [-0.3, -0.25) is 0 Å². The zero-order valence-electron chi connectivity index (χ0n) is 6.55. The summed E-state index contributed by atoms with van der Waals surface area (Å²) in [7, 11) is 0. The number of hydrogen-bond acceptors (Lipinski definition) is 2. The fraction of sp³-hybridized carbons (Fsp3) is 0.333. The molecule has 64 valence electrons. The summed E-state index contributed by atoms with van der Waals surface area (Å²) in [6.45, 7) is 0.603. The van der Waals surface area contributed by atoms with Gasteiger partial charge >= 0.3 is 0 Å². The van der Waals surface area contributed by atoms with Crippen molar-refractivity contribution in [2.24, 2.45) is 0 Å². The molecule has 0 unspecified atom stereocenters. The lowest BCUT2D eigenvalue weighted by molar-refractivity contribution is 0.249. The minimum Gasteiger partial charge on any atom is -0.394 e. The quantitative estimate of drug-likeness (QED) is 0.653. The van der Waals surface area contributed by atoms with Gasteiger partial charge in [-0.2, -0.15) is 0 Å². The van der Waals surface area contributed by atoms with Crippen LogP contribution in [0.15, 0.2) is 18.2 Å². The smallest absolute Gasteiger partial charge is 0.128 e. The van der Waals surface area contributed by atoms with Crippen LogP contribution in [0.5, 0.6) is 0 Å². The second kappa shape index (κ2) is 2.84. The van der Waals surface area contributed by atoms with Gasteiger partial charge in [0.1, 0.15) is 5.82 Å². The van der Waals surface area contributed by atoms with Crippen LogP contribution in [0.4, 0.5) is 4.39 Å². The van der Waals surface area contributed by atoms with E-state index in [9.17, 15) is 4.39 Å². The molecule has 0 aromatic heterocycles. The van der Waals surface area contributed by atoms with Crippen LogP contribution < -0.4 is 5.32 Å². The molecule has 0 fully saturated rings. The summed E-state index contributed by atoms with van der Waals surface area (Å²) in [5.41, 5.74) is 1.58. The van der Waals surface area contributed by atoms with Gasteiger partial charge in [-0.25, -0.2) is 4.39 Å². The molecule has 1 aromatic rings. The number of halogens is 1. The summed E-state index contributed by atoms with van der Waals surface area (Å²) < 4.78 is 13.2. The first kappa shape index (κ1) is 7.71. The van der Waals surface area contributed by atoms with Crippen molar-refractivity contribution >= 4 is 0 Å². The Morgan fingerprint density at radius 3 is 3.17 bits per heavy atom. The second-order valence-electron chi connectivity index (χ2n) is 2.93. The minimum atomic E-state index is -0.225. The predicted octanol–water partition coefficient (Wildman–Crippen LogP) is 0.962. The number of nitrogens with one attached hydrogen (secondary N) is 1. The van der Waals surface area contributed by atoms with Crippen LogP contribution >= 0.6 is 0 Å². The fourth-order valence-corrected chi connectivity index (χ4v) is 1.62. The molecular weight excluding hydrogens is 157 g/mol. The van der Waals surface area contributed by atoms with Gasteiger partial charge in [0, 0.05) is 12.1 Å². The lowest BCUT2D eigenvalue weighted by Crippen LogP contribution is -2.16. The number of benzene rings is 1. The molecule has 0 amide bonds. The van der Waals surface area contributed by atoms with Crippen LogP contribution in [0, 0.1) is 5.82 Å². The summed E-state index contributed by atoms with van der Waals surface area (Å²) in [5.74, 6) is -0.225. The SMILES string of the molecule is OC[C@@H]1NCc2cccc(F)c21. The van der Waals surface area contributed by atoms with E-state index in [1.165, 1.54) is 6.07 Å². The van der Waals surface area contributed by atoms with E-state index in [2.05, 4.69) is 5.32 Å². The summed E-state index contributed by atoms with van der Waals surface area (Å²) in [4.78, 5) is 0. The average molecular weight is 167 g/mol. The van der Waals surface area contributed by atoms with E-state index < -0.39 is 0 Å². The fourth-order valence-electron chi connectivity index (χ4n) is 1.62. The van der Waals surface area contributed by atoms with Crippen LogP contribution in [-0.2, 0) is 6.54 Å². The number of rotatable bonds is 1. The molecule has 0 spiro atoms. The van der Waals surface area contributed by atoms with Crippen molar-refractivity contribution in [3.05, 3.63) is 35.1 Å². The van der Waals surface area contributed by atoms with Crippen molar-refractivity contribution in [1.82, 2.24) is 5.32 Å². The van der Waals surface area contributed by atoms with Gasteiger partial charge in [0.15, 0.2) is 0 Å². The molecule has 3 heteroatoms. The van der Waals surface area contributed by atoms with Crippen molar-refractivity contribution in [3.8, 4) is 0 Å². The summed E-state index contributed by atoms with van der Waals surface area (Å²) in [5, 5.41) is 11.9. The Morgan fingerprint density at radius 2 is 2.42 bits per heavy atom. The zero-order valence-corrected chi connectivity index (χ0v) is 6.55. The molecular formula is C9H10FNO. The van der Waals surface area contributed by atoms with Crippen molar-refractivity contribution in [2.75, 3.05) is 6.61 Å². The van der Waals surface area contributed by atoms with Crippen molar-refractivity contribution < 1.29 is 9.50 Å². The minimum absolute atomic E-state index is 0.0477. The molecule has 12 heavy (non-hydrogen) atoms. The van der Waals surface area contributed by atoms with Crippen LogP contribution in [-0.4, -0.2) is 11.7 Å². The van der Waals surface area contributed by atoms with Crippen molar-refractivity contribution in [2.45, 2.75) is 12.6 Å². The van der Waals surface area contributed by atoms with Gasteiger partial charge in [0.05, 0.1) is 12.6 Å². The maximum Gasteiger partial charge on any atom is 0.128 e. The molecule has 1 aromatic carbocycles. The molecule has 1 aliphatic rings. The van der Waals surface area contributed by atoms with E-state index in [-0.39, 0.29) is 18.5 Å². The number of fused-ring (bicyclic) bond motifs is 1. The molecule has 0 aliphatic carbocycles. The first-order valence-corrected chi connectivity index (χ1v) is 3.94. The van der Waals surface area contributed by atoms with Crippen molar-refractivity contribution in [3.63, 3.8) is 0 Å². The average Bonchev–Trinajstić information content (AvgIpc) is 2.49. The Kier molecular flexibility index (Phi) is 1.83. The number of aliphatic hydroxyl groups is 1. The Hall–Kier alpha value is -0.930. The standard InChI is InChI=1S/C9H10FNO/c10-7-3-1-2-6-4-11-8(5-12)9(6)7/h1-3,8,11-12H,4-5H2/t8-/m0/s1. The second-order valence-corrected chi connectivity index (χ2v) is 2.93. The maximum absolute atomic E-state index is 13.2. The Balaban J connectivity index is 2.48. The van der Waals surface area contributed by atoms with Crippen LogP contribution in [0.25, 0.3) is 0 Å². The highest BCUT2D eigenvalue weighted by molar-refractivity contribution is 5.35. The molecule has 2 rings (SSSR count). The third kappa shape index (κ3) is 1.02. The number of aliphatic hydroxyl groups excluding tert-OH is 1. The van der Waals surface area contributed by atoms with Crippen LogP contribution in [0.2, 0.25) is 0 Å². The molecule has 0 saturated heterocycles. The van der Waals surface area contributed by atoms with E-state index in [1.54, 1.807) is 6.07 Å². The monoisotopic (exact) mass is 167 g/mol. The highest BCUT2D eigenvalue weighted by Crippen LogP contribution is 2.26. The molecule has 2 N–H and O–H groups in total. The van der Waals surface area contributed by atoms with Gasteiger partial charge in [0.2, 0.25) is 0 Å². The third-order valence-electron chi connectivity index (χ3n) is 2.21. The Morgan fingerprint density at radius 1 is 1.58 bits per heavy atom. The first-order valence-electron chi connectivity index (χ1n) is 3.94. The van der Waals surface area contributed by atoms with Crippen molar-refractivity contribution in [1.29, 1.82) is 0 Å².